The van der Waals surface area contributed by atoms with Gasteiger partial charge in [0.1, 0.15) is 36.1 Å². The molecule has 3 aromatic carbocycles. The molecule has 0 saturated heterocycles. The van der Waals surface area contributed by atoms with Crippen LogP contribution in [0.4, 0.5) is 4.39 Å². The van der Waals surface area contributed by atoms with Crippen molar-refractivity contribution in [3.63, 3.8) is 0 Å². The second-order valence-electron chi connectivity index (χ2n) is 8.03. The number of carbonyl (C=O) groups is 1. The van der Waals surface area contributed by atoms with Crippen molar-refractivity contribution in [2.24, 2.45) is 0 Å². The van der Waals surface area contributed by atoms with Gasteiger partial charge in [-0.05, 0) is 30.3 Å². The minimum atomic E-state index is -0.346. The van der Waals surface area contributed by atoms with Gasteiger partial charge in [0.05, 0.1) is 0 Å². The zero-order valence-electron chi connectivity index (χ0n) is 18.7. The van der Waals surface area contributed by atoms with Crippen molar-refractivity contribution in [2.45, 2.75) is 26.4 Å². The standard InChI is InChI=1S/C28H24FN2O2.BrH/c1-2-27-30(16-17-31(27)19-25(32)20-12-14-22(29)15-13-20)18-24-23-10-6-7-11-26(23)33-28(24)21-8-4-3-5-9-21;/h3-17H,2,18-19H2,1H3;1H/q+1;/p-1. The summed E-state index contributed by atoms with van der Waals surface area (Å²) in [5.74, 6) is 1.50. The minimum Gasteiger partial charge on any atom is -1.00 e. The number of halogens is 2. The first-order chi connectivity index (χ1) is 16.1. The zero-order valence-corrected chi connectivity index (χ0v) is 20.3. The van der Waals surface area contributed by atoms with Gasteiger partial charge in [-0.1, -0.05) is 55.5 Å². The Labute approximate surface area is 208 Å². The SMILES string of the molecule is CCc1n(CC(=O)c2ccc(F)cc2)cc[n+]1Cc1c(-c2ccccc2)oc2ccccc12.[Br-]. The Balaban J connectivity index is 0.00000274. The molecule has 0 atom stereocenters. The molecule has 34 heavy (non-hydrogen) atoms. The van der Waals surface area contributed by atoms with Crippen LogP contribution >= 0.6 is 0 Å². The summed E-state index contributed by atoms with van der Waals surface area (Å²) >= 11 is 0. The van der Waals surface area contributed by atoms with E-state index in [1.807, 2.05) is 53.4 Å². The third-order valence-electron chi connectivity index (χ3n) is 5.95. The van der Waals surface area contributed by atoms with Crippen molar-refractivity contribution >= 4 is 16.8 Å². The number of fused-ring (bicyclic) bond motifs is 1. The molecule has 0 bridgehead atoms. The molecule has 0 aliphatic heterocycles. The van der Waals surface area contributed by atoms with Crippen molar-refractivity contribution in [1.29, 1.82) is 0 Å². The minimum absolute atomic E-state index is 0. The number of nitrogens with zero attached hydrogens (tertiary/aromatic N) is 2. The normalized spacial score (nSPS) is 10.9. The Morgan fingerprint density at radius 2 is 1.68 bits per heavy atom. The van der Waals surface area contributed by atoms with Gasteiger partial charge in [0, 0.05) is 28.5 Å². The Bertz CT molecular complexity index is 1420. The van der Waals surface area contributed by atoms with E-state index in [0.29, 0.717) is 12.1 Å². The summed E-state index contributed by atoms with van der Waals surface area (Å²) in [5.41, 5.74) is 3.51. The lowest BCUT2D eigenvalue weighted by molar-refractivity contribution is -0.695. The number of hydrogen-bond acceptors (Lipinski definition) is 2. The highest BCUT2D eigenvalue weighted by atomic mass is 79.9. The number of para-hydroxylation sites is 1. The topological polar surface area (TPSA) is 39.0 Å². The molecule has 0 amide bonds. The van der Waals surface area contributed by atoms with Gasteiger partial charge in [-0.15, -0.1) is 0 Å². The van der Waals surface area contributed by atoms with Crippen molar-refractivity contribution in [3.05, 3.63) is 114 Å². The smallest absolute Gasteiger partial charge is 0.256 e. The molecule has 0 saturated carbocycles. The average molecular weight is 519 g/mol. The molecule has 5 aromatic rings. The fourth-order valence-corrected chi connectivity index (χ4v) is 4.32. The Morgan fingerprint density at radius 3 is 2.41 bits per heavy atom. The molecular formula is C28H24BrFN2O2. The fourth-order valence-electron chi connectivity index (χ4n) is 4.32. The summed E-state index contributed by atoms with van der Waals surface area (Å²) in [6, 6.07) is 23.9. The van der Waals surface area contributed by atoms with Crippen molar-refractivity contribution in [3.8, 4) is 11.3 Å². The molecule has 0 unspecified atom stereocenters. The maximum atomic E-state index is 13.2. The second-order valence-corrected chi connectivity index (χ2v) is 8.03. The Morgan fingerprint density at radius 1 is 0.971 bits per heavy atom. The highest BCUT2D eigenvalue weighted by Gasteiger charge is 2.23. The lowest BCUT2D eigenvalue weighted by atomic mass is 10.1. The van der Waals surface area contributed by atoms with E-state index in [1.165, 1.54) is 24.3 Å². The summed E-state index contributed by atoms with van der Waals surface area (Å²) < 4.78 is 23.6. The van der Waals surface area contributed by atoms with E-state index < -0.39 is 0 Å². The van der Waals surface area contributed by atoms with E-state index in [0.717, 1.165) is 40.1 Å². The van der Waals surface area contributed by atoms with E-state index >= 15 is 0 Å². The number of imidazole rings is 1. The number of benzene rings is 3. The van der Waals surface area contributed by atoms with Gasteiger partial charge in [0.2, 0.25) is 5.78 Å². The molecule has 5 rings (SSSR count). The van der Waals surface area contributed by atoms with Crippen molar-refractivity contribution in [1.82, 2.24) is 4.57 Å². The van der Waals surface area contributed by atoms with Gasteiger partial charge in [0.25, 0.3) is 5.82 Å². The van der Waals surface area contributed by atoms with Crippen LogP contribution in [0.1, 0.15) is 28.7 Å². The highest BCUT2D eigenvalue weighted by Crippen LogP contribution is 2.33. The van der Waals surface area contributed by atoms with Crippen LogP contribution in [0.2, 0.25) is 0 Å². The molecule has 0 radical (unpaired) electrons. The summed E-state index contributed by atoms with van der Waals surface area (Å²) in [7, 11) is 0. The van der Waals surface area contributed by atoms with Crippen LogP contribution in [0, 0.1) is 5.82 Å². The Hall–Kier alpha value is -3.51. The number of Topliss-reactive ketones (excluding diaryl/α,β-unsaturated/α-hetero) is 1. The molecule has 4 nitrogen and oxygen atoms in total. The van der Waals surface area contributed by atoms with Crippen molar-refractivity contribution in [2.75, 3.05) is 0 Å². The van der Waals surface area contributed by atoms with Crippen molar-refractivity contribution < 1.29 is 35.2 Å². The molecule has 2 heterocycles. The Kier molecular flexibility index (Phi) is 7.08. The van der Waals surface area contributed by atoms with Gasteiger partial charge in [-0.3, -0.25) is 4.79 Å². The van der Waals surface area contributed by atoms with Crippen LogP contribution in [-0.4, -0.2) is 10.4 Å². The molecular weight excluding hydrogens is 495 g/mol. The lowest BCUT2D eigenvalue weighted by Crippen LogP contribution is -3.00. The summed E-state index contributed by atoms with van der Waals surface area (Å²) in [4.78, 5) is 12.8. The molecule has 0 fully saturated rings. The highest BCUT2D eigenvalue weighted by molar-refractivity contribution is 5.95. The largest absolute Gasteiger partial charge is 1.00 e. The van der Waals surface area contributed by atoms with E-state index in [9.17, 15) is 9.18 Å². The molecule has 0 aliphatic rings. The van der Waals surface area contributed by atoms with Gasteiger partial charge in [-0.25, -0.2) is 13.5 Å². The number of ketones is 1. The van der Waals surface area contributed by atoms with Crippen LogP contribution in [-0.2, 0) is 19.5 Å². The fraction of sp³-hybridized carbons (Fsp3) is 0.143. The monoisotopic (exact) mass is 518 g/mol. The van der Waals surface area contributed by atoms with Crippen LogP contribution in [0.25, 0.3) is 22.3 Å². The third kappa shape index (κ3) is 4.59. The summed E-state index contributed by atoms with van der Waals surface area (Å²) in [6.07, 6.45) is 4.71. The molecule has 6 heteroatoms. The first-order valence-corrected chi connectivity index (χ1v) is 11.1. The van der Waals surface area contributed by atoms with Gasteiger partial charge < -0.3 is 21.4 Å². The first kappa shape index (κ1) is 23.6. The number of aromatic nitrogens is 2. The van der Waals surface area contributed by atoms with Crippen LogP contribution in [0.5, 0.6) is 0 Å². The van der Waals surface area contributed by atoms with E-state index in [4.69, 9.17) is 4.42 Å². The molecule has 2 aromatic heterocycles. The molecule has 172 valence electrons. The van der Waals surface area contributed by atoms with Gasteiger partial charge in [-0.2, -0.15) is 0 Å². The predicted octanol–water partition coefficient (Wildman–Crippen LogP) is 2.83. The first-order valence-electron chi connectivity index (χ1n) is 11.1. The average Bonchev–Trinajstić information content (AvgIpc) is 3.41. The van der Waals surface area contributed by atoms with E-state index in [-0.39, 0.29) is 35.1 Å². The molecule has 0 N–H and O–H groups in total. The predicted molar refractivity (Wildman–Crippen MR) is 125 cm³/mol. The van der Waals surface area contributed by atoms with Crippen LogP contribution in [0.15, 0.2) is 95.7 Å². The van der Waals surface area contributed by atoms with E-state index in [1.54, 1.807) is 0 Å². The van der Waals surface area contributed by atoms with E-state index in [2.05, 4.69) is 29.7 Å². The number of furan rings is 1. The van der Waals surface area contributed by atoms with Gasteiger partial charge in [0.15, 0.2) is 6.54 Å². The number of hydrogen-bond donors (Lipinski definition) is 0. The lowest BCUT2D eigenvalue weighted by Gasteiger charge is -2.05. The van der Waals surface area contributed by atoms with Crippen LogP contribution < -0.4 is 21.5 Å². The molecule has 0 aliphatic carbocycles. The van der Waals surface area contributed by atoms with Gasteiger partial charge >= 0.3 is 0 Å². The maximum Gasteiger partial charge on any atom is 0.256 e. The number of rotatable bonds is 7. The quantitative estimate of drug-likeness (QED) is 0.245. The zero-order chi connectivity index (χ0) is 22.8. The maximum absolute atomic E-state index is 13.2. The number of carbonyl (C=O) groups excluding carboxylic acids is 1. The third-order valence-corrected chi connectivity index (χ3v) is 5.95. The summed E-state index contributed by atoms with van der Waals surface area (Å²) in [6.45, 7) is 2.91. The second kappa shape index (κ2) is 10.2. The van der Waals surface area contributed by atoms with Crippen LogP contribution in [0.3, 0.4) is 0 Å². The molecule has 0 spiro atoms. The summed E-state index contributed by atoms with van der Waals surface area (Å²) in [5, 5.41) is 1.08.